The minimum absolute atomic E-state index is 0.000697. The van der Waals surface area contributed by atoms with Gasteiger partial charge in [-0.3, -0.25) is 9.97 Å². The van der Waals surface area contributed by atoms with E-state index in [1.54, 1.807) is 12.1 Å². The van der Waals surface area contributed by atoms with Gasteiger partial charge in [-0.1, -0.05) is 0 Å². The molecule has 0 saturated carbocycles. The van der Waals surface area contributed by atoms with E-state index in [2.05, 4.69) is 29.6 Å². The van der Waals surface area contributed by atoms with E-state index in [-0.39, 0.29) is 55.5 Å². The van der Waals surface area contributed by atoms with E-state index in [1.807, 2.05) is 0 Å². The van der Waals surface area contributed by atoms with Crippen LogP contribution in [0.5, 0.6) is 0 Å². The Morgan fingerprint density at radius 3 is 1.12 bits per heavy atom. The van der Waals surface area contributed by atoms with Gasteiger partial charge >= 0.3 is 0 Å². The summed E-state index contributed by atoms with van der Waals surface area (Å²) in [6.07, 6.45) is 0.453. The smallest absolute Gasteiger partial charge is 0.252 e. The second-order valence-corrected chi connectivity index (χ2v) is 10.9. The molecular weight excluding hydrogens is 710 g/mol. The number of halogens is 10. The molecule has 0 aliphatic heterocycles. The van der Waals surface area contributed by atoms with Gasteiger partial charge in [-0.15, -0.1) is 0 Å². The summed E-state index contributed by atoms with van der Waals surface area (Å²) in [6, 6.07) is 3.41. The zero-order valence-electron chi connectivity index (χ0n) is 24.9. The standard InChI is InChI=1S/C34H6F10N8/c1-47-13(5-45)17-9-3-11-34(50-8-16(51-11)22-25(37)29(41)32(44)30(42)26(22)38)20(9)18(14(6-46)48-2)10-4-12-33(19(10)17)49-7-15(52-12)21-23(35)27(39)31(43)28(40)24(21)36/h7-8H,3-4H2/b17-13-,18-14+. The van der Waals surface area contributed by atoms with Gasteiger partial charge in [0.2, 0.25) is 11.6 Å². The monoisotopic (exact) mass is 716 g/mol. The number of nitriles is 2. The van der Waals surface area contributed by atoms with Crippen molar-refractivity contribution in [1.82, 2.24) is 19.9 Å². The van der Waals surface area contributed by atoms with E-state index in [0.29, 0.717) is 12.4 Å². The summed E-state index contributed by atoms with van der Waals surface area (Å²) in [6.45, 7) is 15.4. The van der Waals surface area contributed by atoms with Crippen molar-refractivity contribution in [2.75, 3.05) is 0 Å². The molecule has 2 aliphatic rings. The first kappa shape index (κ1) is 33.3. The van der Waals surface area contributed by atoms with Gasteiger partial charge < -0.3 is 0 Å². The second kappa shape index (κ2) is 11.7. The summed E-state index contributed by atoms with van der Waals surface area (Å²) in [7, 11) is 0. The highest BCUT2D eigenvalue weighted by atomic mass is 19.2. The minimum Gasteiger partial charge on any atom is -0.252 e. The molecule has 0 radical (unpaired) electrons. The highest BCUT2D eigenvalue weighted by Gasteiger charge is 2.36. The molecular formula is C34H6F10N8. The molecule has 2 aromatic heterocycles. The molecule has 0 bridgehead atoms. The van der Waals surface area contributed by atoms with Crippen LogP contribution in [0.2, 0.25) is 0 Å². The Morgan fingerprint density at radius 2 is 0.827 bits per heavy atom. The van der Waals surface area contributed by atoms with Crippen LogP contribution in [0.15, 0.2) is 12.4 Å². The lowest BCUT2D eigenvalue weighted by atomic mass is 9.92. The molecule has 2 heterocycles. The molecule has 18 heteroatoms. The summed E-state index contributed by atoms with van der Waals surface area (Å²) in [5.74, 6) is -22.6. The summed E-state index contributed by atoms with van der Waals surface area (Å²) in [4.78, 5) is 22.9. The Kier molecular flexibility index (Phi) is 7.51. The summed E-state index contributed by atoms with van der Waals surface area (Å²) < 4.78 is 143. The fourth-order valence-corrected chi connectivity index (χ4v) is 6.28. The molecule has 0 fully saturated rings. The van der Waals surface area contributed by atoms with Gasteiger partial charge in [-0.25, -0.2) is 74.1 Å². The molecule has 0 unspecified atom stereocenters. The van der Waals surface area contributed by atoms with Gasteiger partial charge in [0.05, 0.1) is 83.0 Å². The number of benzene rings is 3. The third-order valence-electron chi connectivity index (χ3n) is 8.40. The van der Waals surface area contributed by atoms with Crippen molar-refractivity contribution in [3.8, 4) is 57.2 Å². The minimum atomic E-state index is -2.41. The maximum Gasteiger partial charge on any atom is 0.269 e. The molecule has 0 spiro atoms. The average Bonchev–Trinajstić information content (AvgIpc) is 3.71. The summed E-state index contributed by atoms with van der Waals surface area (Å²) in [5, 5.41) is 19.6. The van der Waals surface area contributed by atoms with Crippen molar-refractivity contribution in [3.63, 3.8) is 0 Å². The quantitative estimate of drug-likeness (QED) is 0.0909. The van der Waals surface area contributed by atoms with Crippen LogP contribution in [0.25, 0.3) is 66.1 Å². The molecule has 2 aliphatic carbocycles. The maximum absolute atomic E-state index is 14.7. The first-order valence-electron chi connectivity index (χ1n) is 14.1. The maximum atomic E-state index is 14.7. The van der Waals surface area contributed by atoms with Crippen LogP contribution < -0.4 is 10.4 Å². The largest absolute Gasteiger partial charge is 0.269 e. The van der Waals surface area contributed by atoms with Crippen LogP contribution in [0.4, 0.5) is 43.9 Å². The second-order valence-electron chi connectivity index (χ2n) is 10.9. The van der Waals surface area contributed by atoms with Crippen LogP contribution in [0, 0.1) is 94.0 Å². The van der Waals surface area contributed by atoms with Gasteiger partial charge in [0.15, 0.2) is 46.5 Å². The third-order valence-corrected chi connectivity index (χ3v) is 8.40. The van der Waals surface area contributed by atoms with E-state index in [9.17, 15) is 54.4 Å². The molecule has 8 nitrogen and oxygen atoms in total. The lowest BCUT2D eigenvalue weighted by Crippen LogP contribution is -2.26. The van der Waals surface area contributed by atoms with Gasteiger partial charge in [0.1, 0.15) is 0 Å². The molecule has 0 atom stereocenters. The lowest BCUT2D eigenvalue weighted by Gasteiger charge is -2.12. The fraction of sp³-hybridized carbons (Fsp3) is 0.0588. The normalized spacial score (nSPS) is 13.2. The number of hydrogen-bond acceptors (Lipinski definition) is 6. The van der Waals surface area contributed by atoms with Crippen molar-refractivity contribution in [2.24, 2.45) is 0 Å². The fourth-order valence-electron chi connectivity index (χ4n) is 6.28. The summed E-state index contributed by atoms with van der Waals surface area (Å²) >= 11 is 0. The van der Waals surface area contributed by atoms with Crippen LogP contribution in [-0.4, -0.2) is 19.9 Å². The van der Waals surface area contributed by atoms with Crippen LogP contribution in [-0.2, 0) is 12.8 Å². The first-order valence-corrected chi connectivity index (χ1v) is 14.1. The van der Waals surface area contributed by atoms with E-state index in [4.69, 9.17) is 13.1 Å². The first-order chi connectivity index (χ1) is 24.8. The third kappa shape index (κ3) is 4.38. The Bertz CT molecular complexity index is 2580. The Hall–Kier alpha value is -7.18. The van der Waals surface area contributed by atoms with Gasteiger partial charge in [0, 0.05) is 34.4 Å². The lowest BCUT2D eigenvalue weighted by molar-refractivity contribution is 0.381. The summed E-state index contributed by atoms with van der Waals surface area (Å²) in [5.41, 5.74) is -6.45. The topological polar surface area (TPSA) is 108 Å². The zero-order chi connectivity index (χ0) is 37.5. The van der Waals surface area contributed by atoms with Crippen molar-refractivity contribution >= 4 is 11.4 Å². The van der Waals surface area contributed by atoms with Crippen molar-refractivity contribution in [1.29, 1.82) is 10.5 Å². The van der Waals surface area contributed by atoms with Crippen LogP contribution in [0.1, 0.15) is 22.5 Å². The molecule has 0 amide bonds. The zero-order valence-corrected chi connectivity index (χ0v) is 24.9. The van der Waals surface area contributed by atoms with Gasteiger partial charge in [-0.05, 0) is 11.1 Å². The molecule has 0 saturated heterocycles. The van der Waals surface area contributed by atoms with Crippen LogP contribution >= 0.6 is 0 Å². The number of aromatic nitrogens is 4. The molecule has 3 aromatic carbocycles. The predicted molar refractivity (Wildman–Crippen MR) is 155 cm³/mol. The van der Waals surface area contributed by atoms with Crippen molar-refractivity contribution in [2.45, 2.75) is 12.8 Å². The highest BCUT2D eigenvalue weighted by Crippen LogP contribution is 2.40. The van der Waals surface area contributed by atoms with E-state index in [1.165, 1.54) is 0 Å². The van der Waals surface area contributed by atoms with Gasteiger partial charge in [0.25, 0.3) is 11.4 Å². The molecule has 252 valence electrons. The molecule has 5 aromatic rings. The molecule has 0 N–H and O–H groups in total. The number of nitrogens with zero attached hydrogens (tertiary/aromatic N) is 8. The van der Waals surface area contributed by atoms with Crippen LogP contribution in [0.3, 0.4) is 0 Å². The Labute approximate surface area is 282 Å². The number of fused-ring (bicyclic) bond motifs is 6. The Morgan fingerprint density at radius 1 is 0.519 bits per heavy atom. The van der Waals surface area contributed by atoms with Gasteiger partial charge in [-0.2, -0.15) is 0 Å². The highest BCUT2D eigenvalue weighted by molar-refractivity contribution is 5.90. The Balaban J connectivity index is 1.54. The molecule has 52 heavy (non-hydrogen) atoms. The average molecular weight is 716 g/mol. The molecule has 7 rings (SSSR count). The van der Waals surface area contributed by atoms with Crippen molar-refractivity contribution in [3.05, 3.63) is 126 Å². The predicted octanol–water partition coefficient (Wildman–Crippen LogP) is 6.24. The van der Waals surface area contributed by atoms with E-state index >= 15 is 0 Å². The van der Waals surface area contributed by atoms with E-state index in [0.717, 1.165) is 0 Å². The number of rotatable bonds is 2. The van der Waals surface area contributed by atoms with Crippen molar-refractivity contribution < 1.29 is 43.9 Å². The van der Waals surface area contributed by atoms with E-state index < -0.39 is 105 Å². The number of hydrogen-bond donors (Lipinski definition) is 0. The SMILES string of the molecule is [C-]#[N+]/C(C#N)=c1/c2c(/c(=C(\C#N)[N+]#[C-])c3c1-c1ncc(-c4c(F)c(F)c(F)c(F)c4F)nc1C3)-c1ncc(-c3c(F)c(F)c(F)c(F)c3F)nc1C2.